The molecule has 0 aliphatic carbocycles. The molecule has 0 saturated heterocycles. The Morgan fingerprint density at radius 3 is 2.84 bits per heavy atom. The van der Waals surface area contributed by atoms with Crippen molar-refractivity contribution in [3.8, 4) is 0 Å². The molecule has 1 amide bonds. The maximum Gasteiger partial charge on any atom is 0.254 e. The highest BCUT2D eigenvalue weighted by Gasteiger charge is 2.20. The molecule has 2 heterocycles. The van der Waals surface area contributed by atoms with E-state index >= 15 is 0 Å². The Hall–Kier alpha value is -2.04. The standard InChI is InChI=1S/C20H16BrClN2O/c21-15-4-5-19-17(11-15)18(12-23-19)13-6-8-24(9-7-13)20(25)14-2-1-3-16(22)10-14/h1-6,10-12,23H,7-9H2. The van der Waals surface area contributed by atoms with Crippen molar-refractivity contribution in [2.45, 2.75) is 6.42 Å². The molecule has 0 fully saturated rings. The van der Waals surface area contributed by atoms with Crippen molar-refractivity contribution in [2.75, 3.05) is 13.1 Å². The van der Waals surface area contributed by atoms with Gasteiger partial charge in [-0.3, -0.25) is 4.79 Å². The van der Waals surface area contributed by atoms with Gasteiger partial charge in [0, 0.05) is 50.8 Å². The predicted molar refractivity (Wildman–Crippen MR) is 106 cm³/mol. The Balaban J connectivity index is 1.57. The molecule has 1 N–H and O–H groups in total. The van der Waals surface area contributed by atoms with Crippen LogP contribution in [-0.2, 0) is 0 Å². The minimum atomic E-state index is 0.0273. The van der Waals surface area contributed by atoms with E-state index in [9.17, 15) is 4.79 Å². The fourth-order valence-corrected chi connectivity index (χ4v) is 3.81. The van der Waals surface area contributed by atoms with Crippen LogP contribution in [0.1, 0.15) is 22.3 Å². The molecule has 0 unspecified atom stereocenters. The smallest absolute Gasteiger partial charge is 0.254 e. The van der Waals surface area contributed by atoms with Crippen LogP contribution in [0.25, 0.3) is 16.5 Å². The molecule has 5 heteroatoms. The number of aromatic nitrogens is 1. The first-order chi connectivity index (χ1) is 12.1. The molecule has 0 spiro atoms. The lowest BCUT2D eigenvalue weighted by Crippen LogP contribution is -2.34. The normalized spacial score (nSPS) is 14.6. The van der Waals surface area contributed by atoms with Gasteiger partial charge in [0.1, 0.15) is 0 Å². The lowest BCUT2D eigenvalue weighted by Gasteiger charge is -2.26. The summed E-state index contributed by atoms with van der Waals surface area (Å²) in [5.74, 6) is 0.0273. The summed E-state index contributed by atoms with van der Waals surface area (Å²) in [6.07, 6.45) is 5.04. The third kappa shape index (κ3) is 3.24. The van der Waals surface area contributed by atoms with E-state index in [0.717, 1.165) is 16.4 Å². The van der Waals surface area contributed by atoms with Gasteiger partial charge in [0.25, 0.3) is 5.91 Å². The maximum atomic E-state index is 12.6. The molecule has 1 aliphatic rings. The molecule has 1 aliphatic heterocycles. The Bertz CT molecular complexity index is 992. The summed E-state index contributed by atoms with van der Waals surface area (Å²) in [5.41, 5.74) is 4.25. The summed E-state index contributed by atoms with van der Waals surface area (Å²) >= 11 is 9.54. The van der Waals surface area contributed by atoms with E-state index in [1.165, 1.54) is 16.5 Å². The van der Waals surface area contributed by atoms with Crippen molar-refractivity contribution in [2.24, 2.45) is 0 Å². The third-order valence-electron chi connectivity index (χ3n) is 4.56. The number of benzene rings is 2. The Morgan fingerprint density at radius 2 is 2.08 bits per heavy atom. The molecule has 0 radical (unpaired) electrons. The van der Waals surface area contributed by atoms with Gasteiger partial charge in [0.15, 0.2) is 0 Å². The highest BCUT2D eigenvalue weighted by atomic mass is 79.9. The Morgan fingerprint density at radius 1 is 1.20 bits per heavy atom. The first-order valence-corrected chi connectivity index (χ1v) is 9.30. The first kappa shape index (κ1) is 16.4. The van der Waals surface area contributed by atoms with Crippen molar-refractivity contribution < 1.29 is 4.79 Å². The second-order valence-electron chi connectivity index (χ2n) is 6.13. The van der Waals surface area contributed by atoms with E-state index in [-0.39, 0.29) is 5.91 Å². The molecular weight excluding hydrogens is 400 g/mol. The number of aromatic amines is 1. The van der Waals surface area contributed by atoms with Gasteiger partial charge in [0.2, 0.25) is 0 Å². The van der Waals surface area contributed by atoms with Gasteiger partial charge in [-0.1, -0.05) is 39.7 Å². The van der Waals surface area contributed by atoms with Crippen molar-refractivity contribution in [3.63, 3.8) is 0 Å². The van der Waals surface area contributed by atoms with Gasteiger partial charge in [-0.15, -0.1) is 0 Å². The monoisotopic (exact) mass is 414 g/mol. The van der Waals surface area contributed by atoms with E-state index in [1.807, 2.05) is 23.1 Å². The molecule has 126 valence electrons. The third-order valence-corrected chi connectivity index (χ3v) is 5.29. The fraction of sp³-hybridized carbons (Fsp3) is 0.150. The van der Waals surface area contributed by atoms with Crippen LogP contribution in [0.5, 0.6) is 0 Å². The summed E-state index contributed by atoms with van der Waals surface area (Å²) in [6.45, 7) is 1.32. The van der Waals surface area contributed by atoms with E-state index in [1.54, 1.807) is 12.1 Å². The summed E-state index contributed by atoms with van der Waals surface area (Å²) in [5, 5.41) is 1.79. The van der Waals surface area contributed by atoms with Crippen molar-refractivity contribution >= 4 is 49.9 Å². The average molecular weight is 416 g/mol. The minimum absolute atomic E-state index is 0.0273. The Kier molecular flexibility index (Phi) is 4.40. The second-order valence-corrected chi connectivity index (χ2v) is 7.49. The van der Waals surface area contributed by atoms with E-state index in [2.05, 4.69) is 45.3 Å². The number of carbonyl (C=O) groups excluding carboxylic acids is 1. The van der Waals surface area contributed by atoms with Gasteiger partial charge >= 0.3 is 0 Å². The minimum Gasteiger partial charge on any atom is -0.361 e. The molecule has 1 aromatic heterocycles. The number of halogens is 2. The Labute approximate surface area is 159 Å². The van der Waals surface area contributed by atoms with Crippen LogP contribution in [0.15, 0.2) is 59.2 Å². The van der Waals surface area contributed by atoms with Crippen LogP contribution < -0.4 is 0 Å². The van der Waals surface area contributed by atoms with E-state index in [4.69, 9.17) is 11.6 Å². The van der Waals surface area contributed by atoms with Crippen molar-refractivity contribution in [1.82, 2.24) is 9.88 Å². The van der Waals surface area contributed by atoms with Crippen LogP contribution >= 0.6 is 27.5 Å². The lowest BCUT2D eigenvalue weighted by molar-refractivity contribution is 0.0773. The highest BCUT2D eigenvalue weighted by Crippen LogP contribution is 2.31. The number of hydrogen-bond acceptors (Lipinski definition) is 1. The number of nitrogens with one attached hydrogen (secondary N) is 1. The summed E-state index contributed by atoms with van der Waals surface area (Å²) in [6, 6.07) is 13.4. The van der Waals surface area contributed by atoms with Crippen LogP contribution in [0.4, 0.5) is 0 Å². The zero-order chi connectivity index (χ0) is 17.4. The first-order valence-electron chi connectivity index (χ1n) is 8.13. The van der Waals surface area contributed by atoms with Crippen molar-refractivity contribution in [3.05, 3.63) is 75.4 Å². The largest absolute Gasteiger partial charge is 0.361 e. The molecule has 0 bridgehead atoms. The number of nitrogens with zero attached hydrogens (tertiary/aromatic N) is 1. The fourth-order valence-electron chi connectivity index (χ4n) is 3.26. The molecular formula is C20H16BrClN2O. The number of carbonyl (C=O) groups is 1. The summed E-state index contributed by atoms with van der Waals surface area (Å²) < 4.78 is 1.06. The predicted octanol–water partition coefficient (Wildman–Crippen LogP) is 5.51. The molecule has 2 aromatic carbocycles. The molecule has 0 atom stereocenters. The average Bonchev–Trinajstić information content (AvgIpc) is 3.04. The number of hydrogen-bond donors (Lipinski definition) is 1. The molecule has 4 rings (SSSR count). The van der Waals surface area contributed by atoms with E-state index < -0.39 is 0 Å². The van der Waals surface area contributed by atoms with Crippen molar-refractivity contribution in [1.29, 1.82) is 0 Å². The molecule has 3 nitrogen and oxygen atoms in total. The summed E-state index contributed by atoms with van der Waals surface area (Å²) in [7, 11) is 0. The number of amides is 1. The zero-order valence-corrected chi connectivity index (χ0v) is 15.8. The zero-order valence-electron chi connectivity index (χ0n) is 13.4. The second kappa shape index (κ2) is 6.70. The van der Waals surface area contributed by atoms with Gasteiger partial charge in [-0.25, -0.2) is 0 Å². The van der Waals surface area contributed by atoms with Crippen LogP contribution in [0, 0.1) is 0 Å². The maximum absolute atomic E-state index is 12.6. The quantitative estimate of drug-likeness (QED) is 0.588. The molecule has 25 heavy (non-hydrogen) atoms. The summed E-state index contributed by atoms with van der Waals surface area (Å²) in [4.78, 5) is 17.8. The molecule has 0 saturated carbocycles. The highest BCUT2D eigenvalue weighted by molar-refractivity contribution is 9.10. The van der Waals surface area contributed by atoms with Crippen LogP contribution in [0.2, 0.25) is 5.02 Å². The SMILES string of the molecule is O=C(c1cccc(Cl)c1)N1CC=C(c2c[nH]c3ccc(Br)cc23)CC1. The van der Waals surface area contributed by atoms with Gasteiger partial charge in [-0.2, -0.15) is 0 Å². The number of rotatable bonds is 2. The van der Waals surface area contributed by atoms with Crippen LogP contribution in [0.3, 0.4) is 0 Å². The number of fused-ring (bicyclic) bond motifs is 1. The number of H-pyrrole nitrogens is 1. The van der Waals surface area contributed by atoms with Gasteiger partial charge in [0.05, 0.1) is 0 Å². The van der Waals surface area contributed by atoms with Gasteiger partial charge < -0.3 is 9.88 Å². The molecule has 3 aromatic rings. The van der Waals surface area contributed by atoms with E-state index in [0.29, 0.717) is 23.7 Å². The van der Waals surface area contributed by atoms with Crippen LogP contribution in [-0.4, -0.2) is 28.9 Å². The van der Waals surface area contributed by atoms with Gasteiger partial charge in [-0.05, 0) is 48.4 Å². The lowest BCUT2D eigenvalue weighted by atomic mass is 9.98. The topological polar surface area (TPSA) is 36.1 Å².